The maximum atomic E-state index is 7.92. The summed E-state index contributed by atoms with van der Waals surface area (Å²) in [5, 5.41) is 4.84. The highest BCUT2D eigenvalue weighted by molar-refractivity contribution is 6.17. The lowest BCUT2D eigenvalue weighted by Gasteiger charge is -2.12. The predicted molar refractivity (Wildman–Crippen MR) is 167 cm³/mol. The van der Waals surface area contributed by atoms with Gasteiger partial charge in [-0.3, -0.25) is 0 Å². The third kappa shape index (κ3) is 3.17. The molecule has 0 N–H and O–H groups in total. The molecule has 0 aliphatic carbocycles. The maximum Gasteiger partial charge on any atom is 0.210 e. The normalized spacial score (nSPS) is 11.5. The van der Waals surface area contributed by atoms with Gasteiger partial charge < -0.3 is 9.13 Å². The molecule has 2 heterocycles. The van der Waals surface area contributed by atoms with Crippen LogP contribution in [0.1, 0.15) is 0 Å². The Balaban J connectivity index is 1.53. The molecule has 40 heavy (non-hydrogen) atoms. The lowest BCUT2D eigenvalue weighted by atomic mass is 9.99. The van der Waals surface area contributed by atoms with Gasteiger partial charge in [-0.2, -0.15) is 0 Å². The summed E-state index contributed by atoms with van der Waals surface area (Å²) in [6.07, 6.45) is 0. The number of aromatic nitrogens is 2. The molecule has 0 aliphatic rings. The first kappa shape index (κ1) is 22.4. The average Bonchev–Trinajstić information content (AvgIpc) is 3.54. The Kier molecular flexibility index (Phi) is 4.89. The van der Waals surface area contributed by atoms with Crippen molar-refractivity contribution in [2.24, 2.45) is 0 Å². The second-order valence-electron chi connectivity index (χ2n) is 10.1. The van der Waals surface area contributed by atoms with Gasteiger partial charge in [-0.15, -0.1) is 0 Å². The van der Waals surface area contributed by atoms with E-state index in [1.54, 1.807) is 0 Å². The first-order valence-electron chi connectivity index (χ1n) is 13.4. The van der Waals surface area contributed by atoms with Gasteiger partial charge in [0.1, 0.15) is 0 Å². The number of hydrogen-bond donors (Lipinski definition) is 0. The van der Waals surface area contributed by atoms with E-state index in [0.29, 0.717) is 5.69 Å². The minimum absolute atomic E-state index is 0.633. The molecule has 8 aromatic rings. The van der Waals surface area contributed by atoms with Crippen molar-refractivity contribution in [1.82, 2.24) is 9.13 Å². The van der Waals surface area contributed by atoms with Crippen LogP contribution in [0.3, 0.4) is 0 Å². The zero-order valence-corrected chi connectivity index (χ0v) is 21.6. The van der Waals surface area contributed by atoms with Gasteiger partial charge in [0, 0.05) is 27.2 Å². The van der Waals surface area contributed by atoms with Gasteiger partial charge in [0.25, 0.3) is 0 Å². The molecule has 0 amide bonds. The standard InChI is InChI=1S/C37H23N3/c1-38-31-17-7-10-20-34(31)40-35-21-11-16-27(25-12-3-2-4-13-25)37(35)30-23-22-26(24-36(30)40)39-32-18-8-5-14-28(32)29-15-6-9-19-33(29)39/h2-24H. The van der Waals surface area contributed by atoms with Gasteiger partial charge >= 0.3 is 0 Å². The van der Waals surface area contributed by atoms with Crippen LogP contribution in [0, 0.1) is 6.57 Å². The van der Waals surface area contributed by atoms with Gasteiger partial charge in [-0.1, -0.05) is 103 Å². The molecule has 0 saturated carbocycles. The highest BCUT2D eigenvalue weighted by atomic mass is 15.0. The second-order valence-corrected chi connectivity index (χ2v) is 10.1. The smallest absolute Gasteiger partial charge is 0.210 e. The molecule has 2 aromatic heterocycles. The van der Waals surface area contributed by atoms with Crippen LogP contribution >= 0.6 is 0 Å². The van der Waals surface area contributed by atoms with Crippen molar-refractivity contribution in [3.8, 4) is 22.5 Å². The number of hydrogen-bond acceptors (Lipinski definition) is 0. The molecule has 0 atom stereocenters. The molecule has 8 rings (SSSR count). The molecule has 0 saturated heterocycles. The summed E-state index contributed by atoms with van der Waals surface area (Å²) >= 11 is 0. The largest absolute Gasteiger partial charge is 0.319 e. The lowest BCUT2D eigenvalue weighted by Crippen LogP contribution is -1.97. The van der Waals surface area contributed by atoms with E-state index in [2.05, 4.69) is 135 Å². The van der Waals surface area contributed by atoms with Gasteiger partial charge in [-0.25, -0.2) is 4.85 Å². The first-order valence-corrected chi connectivity index (χ1v) is 13.4. The summed E-state index contributed by atoms with van der Waals surface area (Å²) in [5.74, 6) is 0. The Morgan fingerprint density at radius 2 is 1.12 bits per heavy atom. The minimum atomic E-state index is 0.633. The summed E-state index contributed by atoms with van der Waals surface area (Å²) in [5.41, 5.74) is 9.50. The molecule has 0 spiro atoms. The Hall–Kier alpha value is -5.59. The number of benzene rings is 6. The van der Waals surface area contributed by atoms with Crippen LogP contribution in [-0.4, -0.2) is 9.13 Å². The molecule has 0 unspecified atom stereocenters. The van der Waals surface area contributed by atoms with Crippen molar-refractivity contribution in [2.75, 3.05) is 0 Å². The molecule has 3 nitrogen and oxygen atoms in total. The SMILES string of the molecule is [C-]#[N+]c1ccccc1-n1c2cc(-n3c4ccccc4c4ccccc43)ccc2c2c(-c3ccccc3)cccc21. The number of rotatable bonds is 3. The minimum Gasteiger partial charge on any atom is -0.319 e. The summed E-state index contributed by atoms with van der Waals surface area (Å²) in [4.78, 5) is 3.90. The van der Waals surface area contributed by atoms with E-state index < -0.39 is 0 Å². The van der Waals surface area contributed by atoms with Crippen molar-refractivity contribution < 1.29 is 0 Å². The topological polar surface area (TPSA) is 14.2 Å². The summed E-state index contributed by atoms with van der Waals surface area (Å²) in [6.45, 7) is 7.92. The van der Waals surface area contributed by atoms with E-state index >= 15 is 0 Å². The van der Waals surface area contributed by atoms with Crippen LogP contribution in [-0.2, 0) is 0 Å². The van der Waals surface area contributed by atoms with Crippen molar-refractivity contribution in [3.05, 3.63) is 151 Å². The molecule has 0 aliphatic heterocycles. The Bertz CT molecular complexity index is 2220. The molecule has 6 aromatic carbocycles. The zero-order chi connectivity index (χ0) is 26.6. The maximum absolute atomic E-state index is 7.92. The van der Waals surface area contributed by atoms with Crippen LogP contribution in [0.4, 0.5) is 5.69 Å². The van der Waals surface area contributed by atoms with Gasteiger partial charge in [-0.05, 0) is 47.5 Å². The first-order chi connectivity index (χ1) is 19.8. The molecular weight excluding hydrogens is 486 g/mol. The molecule has 3 heteroatoms. The average molecular weight is 510 g/mol. The fourth-order valence-electron chi connectivity index (χ4n) is 6.26. The summed E-state index contributed by atoms with van der Waals surface area (Å²) in [6, 6.07) is 48.9. The fraction of sp³-hybridized carbons (Fsp3) is 0. The van der Waals surface area contributed by atoms with Crippen molar-refractivity contribution >= 4 is 49.3 Å². The van der Waals surface area contributed by atoms with Crippen LogP contribution in [0.25, 0.3) is 71.0 Å². The van der Waals surface area contributed by atoms with Crippen LogP contribution in [0.5, 0.6) is 0 Å². The highest BCUT2D eigenvalue weighted by Crippen LogP contribution is 2.41. The van der Waals surface area contributed by atoms with Crippen LogP contribution in [0.2, 0.25) is 0 Å². The quantitative estimate of drug-likeness (QED) is 0.210. The van der Waals surface area contributed by atoms with Crippen molar-refractivity contribution in [3.63, 3.8) is 0 Å². The predicted octanol–water partition coefficient (Wildman–Crippen LogP) is 10.1. The zero-order valence-electron chi connectivity index (χ0n) is 21.6. The molecule has 0 radical (unpaired) electrons. The number of nitrogens with zero attached hydrogens (tertiary/aromatic N) is 3. The van der Waals surface area contributed by atoms with Crippen molar-refractivity contribution in [2.45, 2.75) is 0 Å². The Labute approximate surface area is 231 Å². The molecule has 0 bridgehead atoms. The van der Waals surface area contributed by atoms with Gasteiger partial charge in [0.15, 0.2) is 0 Å². The summed E-state index contributed by atoms with van der Waals surface area (Å²) < 4.78 is 4.62. The van der Waals surface area contributed by atoms with Gasteiger partial charge in [0.2, 0.25) is 5.69 Å². The van der Waals surface area contributed by atoms with Crippen molar-refractivity contribution in [1.29, 1.82) is 0 Å². The third-order valence-electron chi connectivity index (χ3n) is 7.94. The monoisotopic (exact) mass is 509 g/mol. The Morgan fingerprint density at radius 3 is 1.88 bits per heavy atom. The molecular formula is C37H23N3. The summed E-state index contributed by atoms with van der Waals surface area (Å²) in [7, 11) is 0. The van der Waals surface area contributed by atoms with E-state index in [1.807, 2.05) is 18.2 Å². The number of para-hydroxylation sites is 4. The fourth-order valence-corrected chi connectivity index (χ4v) is 6.26. The Morgan fingerprint density at radius 1 is 0.475 bits per heavy atom. The third-order valence-corrected chi connectivity index (χ3v) is 7.94. The molecule has 186 valence electrons. The van der Waals surface area contributed by atoms with Gasteiger partial charge in [0.05, 0.1) is 34.3 Å². The second kappa shape index (κ2) is 8.73. The highest BCUT2D eigenvalue weighted by Gasteiger charge is 2.19. The lowest BCUT2D eigenvalue weighted by molar-refractivity contribution is 1.16. The number of fused-ring (bicyclic) bond motifs is 6. The van der Waals surface area contributed by atoms with Crippen LogP contribution < -0.4 is 0 Å². The van der Waals surface area contributed by atoms with E-state index in [9.17, 15) is 0 Å². The molecule has 0 fully saturated rings. The van der Waals surface area contributed by atoms with E-state index in [1.165, 1.54) is 43.7 Å². The van der Waals surface area contributed by atoms with E-state index in [4.69, 9.17) is 6.57 Å². The van der Waals surface area contributed by atoms with E-state index in [0.717, 1.165) is 22.4 Å². The van der Waals surface area contributed by atoms with E-state index in [-0.39, 0.29) is 0 Å². The van der Waals surface area contributed by atoms with Crippen LogP contribution in [0.15, 0.2) is 140 Å².